The number of aryl methyl sites for hydroxylation is 1. The first-order valence-electron chi connectivity index (χ1n) is 5.39. The van der Waals surface area contributed by atoms with Crippen molar-refractivity contribution in [2.75, 3.05) is 0 Å². The molecule has 0 N–H and O–H groups in total. The molecule has 0 aliphatic heterocycles. The van der Waals surface area contributed by atoms with E-state index in [4.69, 9.17) is 11.6 Å². The monoisotopic (exact) mass is 209 g/mol. The number of alkyl halides is 1. The molecule has 1 aliphatic rings. The van der Waals surface area contributed by atoms with Crippen LogP contribution in [0.15, 0.2) is 24.5 Å². The molecule has 1 aromatic rings. The summed E-state index contributed by atoms with van der Waals surface area (Å²) in [5.41, 5.74) is 1.37. The van der Waals surface area contributed by atoms with Gasteiger partial charge >= 0.3 is 0 Å². The molecule has 1 aromatic heterocycles. The molecule has 0 bridgehead atoms. The van der Waals surface area contributed by atoms with Crippen molar-refractivity contribution < 1.29 is 0 Å². The summed E-state index contributed by atoms with van der Waals surface area (Å²) in [5, 5.41) is 0.428. The second-order valence-corrected chi connectivity index (χ2v) is 4.66. The van der Waals surface area contributed by atoms with Gasteiger partial charge in [-0.15, -0.1) is 11.6 Å². The van der Waals surface area contributed by atoms with Crippen LogP contribution < -0.4 is 0 Å². The summed E-state index contributed by atoms with van der Waals surface area (Å²) in [4.78, 5) is 4.00. The Bertz CT molecular complexity index is 269. The summed E-state index contributed by atoms with van der Waals surface area (Å²) in [6.07, 6.45) is 9.91. The molecule has 1 saturated carbocycles. The average molecular weight is 210 g/mol. The largest absolute Gasteiger partial charge is 0.265 e. The van der Waals surface area contributed by atoms with Crippen molar-refractivity contribution in [1.82, 2.24) is 4.98 Å². The number of rotatable bonds is 5. The molecular formula is C12H16ClN. The number of hydrogen-bond acceptors (Lipinski definition) is 1. The quantitative estimate of drug-likeness (QED) is 0.678. The van der Waals surface area contributed by atoms with Crippen LogP contribution in [0.2, 0.25) is 0 Å². The van der Waals surface area contributed by atoms with Gasteiger partial charge in [-0.25, -0.2) is 0 Å². The second-order valence-electron chi connectivity index (χ2n) is 4.10. The zero-order valence-electron chi connectivity index (χ0n) is 8.32. The van der Waals surface area contributed by atoms with Crippen LogP contribution in [-0.2, 0) is 6.42 Å². The molecule has 2 heteroatoms. The van der Waals surface area contributed by atoms with Crippen molar-refractivity contribution in [3.05, 3.63) is 30.1 Å². The maximum atomic E-state index is 6.23. The van der Waals surface area contributed by atoms with E-state index >= 15 is 0 Å². The first-order chi connectivity index (χ1) is 6.86. The highest BCUT2D eigenvalue weighted by Crippen LogP contribution is 2.37. The van der Waals surface area contributed by atoms with Gasteiger partial charge in [0.1, 0.15) is 0 Å². The molecule has 0 amide bonds. The third-order valence-electron chi connectivity index (χ3n) is 2.83. The van der Waals surface area contributed by atoms with Gasteiger partial charge in [0, 0.05) is 17.8 Å². The summed E-state index contributed by atoms with van der Waals surface area (Å²) < 4.78 is 0. The first-order valence-corrected chi connectivity index (χ1v) is 5.83. The number of hydrogen-bond donors (Lipinski definition) is 0. The van der Waals surface area contributed by atoms with Crippen molar-refractivity contribution in [2.45, 2.75) is 37.5 Å². The topological polar surface area (TPSA) is 12.9 Å². The Kier molecular flexibility index (Phi) is 3.41. The predicted octanol–water partition coefficient (Wildman–Crippen LogP) is 3.42. The Hall–Kier alpha value is -0.560. The highest BCUT2D eigenvalue weighted by molar-refractivity contribution is 6.20. The van der Waals surface area contributed by atoms with E-state index < -0.39 is 0 Å². The smallest absolute Gasteiger partial charge is 0.0364 e. The number of pyridine rings is 1. The first kappa shape index (κ1) is 9.97. The molecule has 1 nitrogen and oxygen atoms in total. The highest BCUT2D eigenvalue weighted by atomic mass is 35.5. The fourth-order valence-corrected chi connectivity index (χ4v) is 2.15. The van der Waals surface area contributed by atoms with Crippen molar-refractivity contribution in [1.29, 1.82) is 0 Å². The third kappa shape index (κ3) is 2.98. The molecule has 0 aromatic carbocycles. The van der Waals surface area contributed by atoms with Gasteiger partial charge in [0.15, 0.2) is 0 Å². The Labute approximate surface area is 90.5 Å². The van der Waals surface area contributed by atoms with E-state index in [1.807, 2.05) is 12.4 Å². The Balaban J connectivity index is 1.67. The summed E-state index contributed by atoms with van der Waals surface area (Å²) in [5.74, 6) is 0.828. The lowest BCUT2D eigenvalue weighted by atomic mass is 10.1. The molecule has 1 unspecified atom stereocenters. The van der Waals surface area contributed by atoms with Gasteiger partial charge in [-0.2, -0.15) is 0 Å². The molecule has 14 heavy (non-hydrogen) atoms. The summed E-state index contributed by atoms with van der Waals surface area (Å²) in [6.45, 7) is 0. The standard InChI is InChI=1S/C12H16ClN/c13-12(11-4-5-11)3-1-2-10-6-8-14-9-7-10/h6-9,11-12H,1-5H2. The third-order valence-corrected chi connectivity index (χ3v) is 3.40. The fourth-order valence-electron chi connectivity index (χ4n) is 1.74. The molecule has 1 atom stereocenters. The predicted molar refractivity (Wildman–Crippen MR) is 59.5 cm³/mol. The normalized spacial score (nSPS) is 18.1. The van der Waals surface area contributed by atoms with Crippen LogP contribution in [0.4, 0.5) is 0 Å². The maximum absolute atomic E-state index is 6.23. The average Bonchev–Trinajstić information content (AvgIpc) is 3.02. The van der Waals surface area contributed by atoms with E-state index in [0.29, 0.717) is 5.38 Å². The molecule has 76 valence electrons. The van der Waals surface area contributed by atoms with E-state index in [1.54, 1.807) is 0 Å². The van der Waals surface area contributed by atoms with Crippen molar-refractivity contribution in [2.24, 2.45) is 5.92 Å². The minimum Gasteiger partial charge on any atom is -0.265 e. The Morgan fingerprint density at radius 2 is 2.07 bits per heavy atom. The Morgan fingerprint density at radius 1 is 1.36 bits per heavy atom. The molecule has 1 aliphatic carbocycles. The lowest BCUT2D eigenvalue weighted by molar-refractivity contribution is 0.637. The summed E-state index contributed by atoms with van der Waals surface area (Å²) >= 11 is 6.23. The van der Waals surface area contributed by atoms with E-state index in [1.165, 1.54) is 24.8 Å². The van der Waals surface area contributed by atoms with Gasteiger partial charge < -0.3 is 0 Å². The van der Waals surface area contributed by atoms with Crippen LogP contribution >= 0.6 is 11.6 Å². The van der Waals surface area contributed by atoms with E-state index in [2.05, 4.69) is 17.1 Å². The van der Waals surface area contributed by atoms with Crippen molar-refractivity contribution >= 4 is 11.6 Å². The lowest BCUT2D eigenvalue weighted by Crippen LogP contribution is -2.01. The van der Waals surface area contributed by atoms with E-state index in [0.717, 1.165) is 18.8 Å². The van der Waals surface area contributed by atoms with E-state index in [-0.39, 0.29) is 0 Å². The van der Waals surface area contributed by atoms with Gasteiger partial charge in [-0.3, -0.25) is 4.98 Å². The molecular weight excluding hydrogens is 194 g/mol. The van der Waals surface area contributed by atoms with Crippen LogP contribution in [-0.4, -0.2) is 10.4 Å². The van der Waals surface area contributed by atoms with Gasteiger partial charge in [0.05, 0.1) is 0 Å². The SMILES string of the molecule is ClC(CCCc1ccncc1)C1CC1. The minimum atomic E-state index is 0.428. The van der Waals surface area contributed by atoms with Gasteiger partial charge in [-0.1, -0.05) is 0 Å². The fraction of sp³-hybridized carbons (Fsp3) is 0.583. The van der Waals surface area contributed by atoms with Gasteiger partial charge in [0.2, 0.25) is 0 Å². The molecule has 2 rings (SSSR count). The van der Waals surface area contributed by atoms with Gasteiger partial charge in [0.25, 0.3) is 0 Å². The lowest BCUT2D eigenvalue weighted by Gasteiger charge is -2.06. The minimum absolute atomic E-state index is 0.428. The van der Waals surface area contributed by atoms with Gasteiger partial charge in [-0.05, 0) is 55.7 Å². The number of halogens is 1. The highest BCUT2D eigenvalue weighted by Gasteiger charge is 2.28. The molecule has 1 fully saturated rings. The summed E-state index contributed by atoms with van der Waals surface area (Å²) in [6, 6.07) is 4.17. The van der Waals surface area contributed by atoms with Crippen LogP contribution in [0.3, 0.4) is 0 Å². The zero-order chi connectivity index (χ0) is 9.80. The molecule has 0 saturated heterocycles. The van der Waals surface area contributed by atoms with Crippen LogP contribution in [0.1, 0.15) is 31.2 Å². The molecule has 0 spiro atoms. The van der Waals surface area contributed by atoms with Crippen LogP contribution in [0.25, 0.3) is 0 Å². The van der Waals surface area contributed by atoms with Crippen molar-refractivity contribution in [3.8, 4) is 0 Å². The molecule has 0 radical (unpaired) electrons. The van der Waals surface area contributed by atoms with Crippen LogP contribution in [0.5, 0.6) is 0 Å². The summed E-state index contributed by atoms with van der Waals surface area (Å²) in [7, 11) is 0. The number of aromatic nitrogens is 1. The molecule has 1 heterocycles. The van der Waals surface area contributed by atoms with E-state index in [9.17, 15) is 0 Å². The maximum Gasteiger partial charge on any atom is 0.0364 e. The number of nitrogens with zero attached hydrogens (tertiary/aromatic N) is 1. The van der Waals surface area contributed by atoms with Crippen LogP contribution in [0, 0.1) is 5.92 Å². The van der Waals surface area contributed by atoms with Crippen molar-refractivity contribution in [3.63, 3.8) is 0 Å². The second kappa shape index (κ2) is 4.79. The zero-order valence-corrected chi connectivity index (χ0v) is 9.08. The Morgan fingerprint density at radius 3 is 2.71 bits per heavy atom.